The van der Waals surface area contributed by atoms with Crippen LogP contribution in [-0.4, -0.2) is 26.2 Å². The van der Waals surface area contributed by atoms with E-state index in [1.54, 1.807) is 6.92 Å². The molecule has 7 heteroatoms. The molecule has 0 unspecified atom stereocenters. The molecule has 0 fully saturated rings. The zero-order chi connectivity index (χ0) is 15.5. The van der Waals surface area contributed by atoms with Gasteiger partial charge in [0.15, 0.2) is 0 Å². The van der Waals surface area contributed by atoms with Crippen LogP contribution in [0.25, 0.3) is 0 Å². The number of hydrogen-bond donors (Lipinski definition) is 2. The minimum absolute atomic E-state index is 0.163. The first-order valence-corrected chi connectivity index (χ1v) is 9.03. The van der Waals surface area contributed by atoms with Gasteiger partial charge in [-0.2, -0.15) is 0 Å². The van der Waals surface area contributed by atoms with Crippen LogP contribution >= 0.6 is 22.9 Å². The fraction of sp³-hybridized carbons (Fsp3) is 0.286. The molecule has 0 radical (unpaired) electrons. The Kier molecular flexibility index (Phi) is 5.40. The van der Waals surface area contributed by atoms with Gasteiger partial charge in [-0.05, 0) is 30.5 Å². The second kappa shape index (κ2) is 6.89. The third-order valence-corrected chi connectivity index (χ3v) is 6.52. The highest BCUT2D eigenvalue weighted by molar-refractivity contribution is 7.91. The molecule has 0 aliphatic rings. The summed E-state index contributed by atoms with van der Waals surface area (Å²) in [5.74, 6) is 0. The third kappa shape index (κ3) is 4.28. The third-order valence-electron chi connectivity index (χ3n) is 2.97. The van der Waals surface area contributed by atoms with Gasteiger partial charge in [-0.15, -0.1) is 11.3 Å². The summed E-state index contributed by atoms with van der Waals surface area (Å²) >= 11 is 6.93. The van der Waals surface area contributed by atoms with Gasteiger partial charge in [-0.25, -0.2) is 13.1 Å². The molecule has 2 aromatic rings. The van der Waals surface area contributed by atoms with E-state index in [0.29, 0.717) is 10.8 Å². The minimum Gasteiger partial charge on any atom is -0.395 e. The number of rotatable bonds is 6. The predicted molar refractivity (Wildman–Crippen MR) is 85.4 cm³/mol. The SMILES string of the molecule is Cc1cc(S(=O)(=O)N[C@@H](CO)Cc2ccccc2)sc1Cl. The maximum atomic E-state index is 12.3. The summed E-state index contributed by atoms with van der Waals surface area (Å²) in [4.78, 5) is 0. The highest BCUT2D eigenvalue weighted by Gasteiger charge is 2.22. The lowest BCUT2D eigenvalue weighted by molar-refractivity contribution is 0.256. The molecule has 1 heterocycles. The number of thiophene rings is 1. The van der Waals surface area contributed by atoms with E-state index >= 15 is 0 Å². The molecule has 0 bridgehead atoms. The molecular formula is C14H16ClNO3S2. The van der Waals surface area contributed by atoms with Gasteiger partial charge in [-0.3, -0.25) is 0 Å². The van der Waals surface area contributed by atoms with Crippen molar-refractivity contribution in [3.8, 4) is 0 Å². The maximum absolute atomic E-state index is 12.3. The van der Waals surface area contributed by atoms with Gasteiger partial charge >= 0.3 is 0 Å². The lowest BCUT2D eigenvalue weighted by Gasteiger charge is -2.15. The van der Waals surface area contributed by atoms with Crippen LogP contribution in [0.2, 0.25) is 4.34 Å². The number of aliphatic hydroxyl groups excluding tert-OH is 1. The van der Waals surface area contributed by atoms with Gasteiger partial charge in [0.1, 0.15) is 4.21 Å². The van der Waals surface area contributed by atoms with Crippen molar-refractivity contribution in [2.45, 2.75) is 23.6 Å². The maximum Gasteiger partial charge on any atom is 0.250 e. The van der Waals surface area contributed by atoms with E-state index in [2.05, 4.69) is 4.72 Å². The second-order valence-corrected chi connectivity index (χ2v) is 8.31. The van der Waals surface area contributed by atoms with Crippen LogP contribution in [0, 0.1) is 6.92 Å². The monoisotopic (exact) mass is 345 g/mol. The van der Waals surface area contributed by atoms with E-state index in [1.807, 2.05) is 30.3 Å². The normalized spacial score (nSPS) is 13.3. The average molecular weight is 346 g/mol. The van der Waals surface area contributed by atoms with Crippen molar-refractivity contribution in [2.75, 3.05) is 6.61 Å². The van der Waals surface area contributed by atoms with Crippen molar-refractivity contribution in [3.05, 3.63) is 51.9 Å². The molecule has 0 amide bonds. The van der Waals surface area contributed by atoms with Crippen molar-refractivity contribution in [1.82, 2.24) is 4.72 Å². The molecule has 0 saturated carbocycles. The Hall–Kier alpha value is -0.920. The van der Waals surface area contributed by atoms with Crippen molar-refractivity contribution in [1.29, 1.82) is 0 Å². The standard InChI is InChI=1S/C14H16ClNO3S2/c1-10-7-13(20-14(10)15)21(18,19)16-12(9-17)8-11-5-3-2-4-6-11/h2-7,12,16-17H,8-9H2,1H3/t12-/m1/s1. The first-order valence-electron chi connectivity index (χ1n) is 6.35. The fourth-order valence-electron chi connectivity index (χ4n) is 1.88. The van der Waals surface area contributed by atoms with Gasteiger partial charge in [-0.1, -0.05) is 41.9 Å². The van der Waals surface area contributed by atoms with Gasteiger partial charge < -0.3 is 5.11 Å². The van der Waals surface area contributed by atoms with E-state index in [-0.39, 0.29) is 10.8 Å². The van der Waals surface area contributed by atoms with E-state index in [4.69, 9.17) is 11.6 Å². The molecular weight excluding hydrogens is 330 g/mol. The fourth-order valence-corrected chi connectivity index (χ4v) is 4.84. The van der Waals surface area contributed by atoms with Gasteiger partial charge in [0.05, 0.1) is 10.9 Å². The largest absolute Gasteiger partial charge is 0.395 e. The Morgan fingerprint density at radius 2 is 2.00 bits per heavy atom. The zero-order valence-corrected chi connectivity index (χ0v) is 13.8. The highest BCUT2D eigenvalue weighted by atomic mass is 35.5. The van der Waals surface area contributed by atoms with Gasteiger partial charge in [0.25, 0.3) is 0 Å². The lowest BCUT2D eigenvalue weighted by atomic mass is 10.1. The predicted octanol–water partition coefficient (Wildman–Crippen LogP) is 2.59. The summed E-state index contributed by atoms with van der Waals surface area (Å²) in [7, 11) is -3.67. The number of sulfonamides is 1. The second-order valence-electron chi connectivity index (χ2n) is 4.71. The molecule has 2 rings (SSSR count). The molecule has 0 aliphatic heterocycles. The molecule has 4 nitrogen and oxygen atoms in total. The molecule has 1 aromatic heterocycles. The minimum atomic E-state index is -3.67. The number of hydrogen-bond acceptors (Lipinski definition) is 4. The molecule has 2 N–H and O–H groups in total. The first-order chi connectivity index (χ1) is 9.92. The lowest BCUT2D eigenvalue weighted by Crippen LogP contribution is -2.38. The Morgan fingerprint density at radius 3 is 2.52 bits per heavy atom. The van der Waals surface area contributed by atoms with Crippen molar-refractivity contribution in [3.63, 3.8) is 0 Å². The topological polar surface area (TPSA) is 66.4 Å². The average Bonchev–Trinajstić information content (AvgIpc) is 2.80. The molecule has 1 aromatic carbocycles. The summed E-state index contributed by atoms with van der Waals surface area (Å²) in [6.07, 6.45) is 0.425. The number of halogens is 1. The van der Waals surface area contributed by atoms with Crippen molar-refractivity contribution >= 4 is 33.0 Å². The molecule has 114 valence electrons. The molecule has 21 heavy (non-hydrogen) atoms. The molecule has 0 aliphatic carbocycles. The Morgan fingerprint density at radius 1 is 1.33 bits per heavy atom. The molecule has 0 saturated heterocycles. The molecule has 0 spiro atoms. The summed E-state index contributed by atoms with van der Waals surface area (Å²) in [5, 5.41) is 9.41. The van der Waals surface area contributed by atoms with E-state index < -0.39 is 16.1 Å². The smallest absolute Gasteiger partial charge is 0.250 e. The van der Waals surface area contributed by atoms with Crippen LogP contribution in [0.3, 0.4) is 0 Å². The zero-order valence-electron chi connectivity index (χ0n) is 11.4. The summed E-state index contributed by atoms with van der Waals surface area (Å²) < 4.78 is 27.7. The quantitative estimate of drug-likeness (QED) is 0.845. The number of aryl methyl sites for hydroxylation is 1. The Bertz CT molecular complexity index is 679. The number of aliphatic hydroxyl groups is 1. The van der Waals surface area contributed by atoms with Crippen LogP contribution in [0.4, 0.5) is 0 Å². The van der Waals surface area contributed by atoms with E-state index in [1.165, 1.54) is 6.07 Å². The van der Waals surface area contributed by atoms with Crippen LogP contribution in [0.15, 0.2) is 40.6 Å². The molecule has 1 atom stereocenters. The van der Waals surface area contributed by atoms with Gasteiger partial charge in [0.2, 0.25) is 10.0 Å². The summed E-state index contributed by atoms with van der Waals surface area (Å²) in [6.45, 7) is 1.48. The van der Waals surface area contributed by atoms with Gasteiger partial charge in [0, 0.05) is 6.04 Å². The Balaban J connectivity index is 2.14. The van der Waals surface area contributed by atoms with E-state index in [9.17, 15) is 13.5 Å². The number of nitrogens with one attached hydrogen (secondary N) is 1. The first kappa shape index (κ1) is 16.5. The number of benzene rings is 1. The Labute approximate surface area is 133 Å². The summed E-state index contributed by atoms with van der Waals surface area (Å²) in [6, 6.07) is 10.4. The van der Waals surface area contributed by atoms with Crippen LogP contribution in [0.5, 0.6) is 0 Å². The highest BCUT2D eigenvalue weighted by Crippen LogP contribution is 2.30. The van der Waals surface area contributed by atoms with Crippen molar-refractivity contribution < 1.29 is 13.5 Å². The van der Waals surface area contributed by atoms with E-state index in [0.717, 1.165) is 22.5 Å². The van der Waals surface area contributed by atoms with Crippen molar-refractivity contribution in [2.24, 2.45) is 0 Å². The van der Waals surface area contributed by atoms with Crippen LogP contribution in [-0.2, 0) is 16.4 Å². The van der Waals surface area contributed by atoms with Crippen LogP contribution in [0.1, 0.15) is 11.1 Å². The van der Waals surface area contributed by atoms with Crippen LogP contribution < -0.4 is 4.72 Å². The summed E-state index contributed by atoms with van der Waals surface area (Å²) in [5.41, 5.74) is 1.69.